The number of carbonyl (C=O) groups excluding carboxylic acids is 1. The van der Waals surface area contributed by atoms with Crippen molar-refractivity contribution in [2.24, 2.45) is 0 Å². The van der Waals surface area contributed by atoms with E-state index in [0.29, 0.717) is 33.1 Å². The minimum Gasteiger partial charge on any atom is -0.333 e. The number of nitrogens with one attached hydrogen (secondary N) is 1. The van der Waals surface area contributed by atoms with E-state index >= 15 is 0 Å². The zero-order valence-corrected chi connectivity index (χ0v) is 19.7. The van der Waals surface area contributed by atoms with Crippen LogP contribution in [0.3, 0.4) is 0 Å². The molecule has 0 saturated carbocycles. The van der Waals surface area contributed by atoms with E-state index in [0.717, 1.165) is 11.3 Å². The smallest absolute Gasteiger partial charge is 0.263 e. The van der Waals surface area contributed by atoms with Crippen LogP contribution in [-0.2, 0) is 11.3 Å². The maximum Gasteiger partial charge on any atom is 0.263 e. The van der Waals surface area contributed by atoms with Crippen LogP contribution in [0.15, 0.2) is 76.2 Å². The Balaban J connectivity index is 1.54. The second-order valence-electron chi connectivity index (χ2n) is 8.17. The van der Waals surface area contributed by atoms with Crippen LogP contribution in [0.25, 0.3) is 33.9 Å². The van der Waals surface area contributed by atoms with Crippen LogP contribution in [0, 0.1) is 13.8 Å². The third kappa shape index (κ3) is 4.69. The van der Waals surface area contributed by atoms with Crippen LogP contribution in [-0.4, -0.2) is 25.6 Å². The van der Waals surface area contributed by atoms with Gasteiger partial charge in [0.05, 0.1) is 5.39 Å². The maximum atomic E-state index is 13.3. The highest BCUT2D eigenvalue weighted by molar-refractivity contribution is 6.30. The van der Waals surface area contributed by atoms with E-state index in [2.05, 4.69) is 20.4 Å². The Kier molecular flexibility index (Phi) is 5.88. The van der Waals surface area contributed by atoms with Crippen LogP contribution >= 0.6 is 11.6 Å². The monoisotopic (exact) mass is 485 g/mol. The molecule has 0 aliphatic carbocycles. The number of anilines is 1. The summed E-state index contributed by atoms with van der Waals surface area (Å²) >= 11 is 5.96. The zero-order valence-electron chi connectivity index (χ0n) is 18.9. The number of pyridine rings is 2. The average molecular weight is 486 g/mol. The molecule has 3 aromatic heterocycles. The molecular formula is C26H20ClN5O3. The van der Waals surface area contributed by atoms with E-state index in [9.17, 15) is 9.59 Å². The highest BCUT2D eigenvalue weighted by Gasteiger charge is 2.19. The Morgan fingerprint density at radius 2 is 1.74 bits per heavy atom. The molecule has 9 heteroatoms. The van der Waals surface area contributed by atoms with Gasteiger partial charge in [-0.2, -0.15) is 4.98 Å². The summed E-state index contributed by atoms with van der Waals surface area (Å²) < 4.78 is 7.05. The van der Waals surface area contributed by atoms with Gasteiger partial charge in [-0.05, 0) is 62.4 Å². The van der Waals surface area contributed by atoms with Gasteiger partial charge in [-0.15, -0.1) is 0 Å². The lowest BCUT2D eigenvalue weighted by Gasteiger charge is -2.12. The van der Waals surface area contributed by atoms with E-state index in [1.54, 1.807) is 41.0 Å². The van der Waals surface area contributed by atoms with E-state index < -0.39 is 0 Å². The second-order valence-corrected chi connectivity index (χ2v) is 8.60. The van der Waals surface area contributed by atoms with Crippen molar-refractivity contribution in [2.45, 2.75) is 20.4 Å². The molecule has 0 atom stereocenters. The fourth-order valence-electron chi connectivity index (χ4n) is 3.67. The van der Waals surface area contributed by atoms with Crippen molar-refractivity contribution in [3.63, 3.8) is 0 Å². The first kappa shape index (κ1) is 22.5. The van der Waals surface area contributed by atoms with Crippen LogP contribution in [0.5, 0.6) is 0 Å². The normalized spacial score (nSPS) is 11.1. The van der Waals surface area contributed by atoms with Crippen LogP contribution < -0.4 is 10.7 Å². The number of hydrogen-bond donors (Lipinski definition) is 1. The summed E-state index contributed by atoms with van der Waals surface area (Å²) in [5, 5.41) is 7.82. The minimum absolute atomic E-state index is 0.0510. The first-order chi connectivity index (χ1) is 16.9. The molecule has 0 aliphatic rings. The zero-order chi connectivity index (χ0) is 24.5. The van der Waals surface area contributed by atoms with Crippen molar-refractivity contribution in [3.8, 4) is 22.8 Å². The van der Waals surface area contributed by atoms with Gasteiger partial charge in [-0.25, -0.2) is 4.98 Å². The van der Waals surface area contributed by atoms with Gasteiger partial charge in [0.2, 0.25) is 17.2 Å². The Morgan fingerprint density at radius 3 is 2.49 bits per heavy atom. The first-order valence-electron chi connectivity index (χ1n) is 10.8. The van der Waals surface area contributed by atoms with Crippen molar-refractivity contribution < 1.29 is 9.32 Å². The van der Waals surface area contributed by atoms with E-state index in [1.807, 2.05) is 38.1 Å². The van der Waals surface area contributed by atoms with E-state index in [4.69, 9.17) is 16.1 Å². The van der Waals surface area contributed by atoms with Gasteiger partial charge in [0, 0.05) is 28.2 Å². The SMILES string of the molecule is Cc1ccc(NC(=O)Cn2cc(-c3nc(-c4ccc(Cl)cc4)no3)c(=O)c3ccc(C)nc32)cc1. The standard InChI is InChI=1S/C26H20ClN5O3/c1-15-3-10-19(11-4-15)29-22(33)14-32-13-21(23(34)20-12-5-16(2)28-25(20)32)26-30-24(31-35-26)17-6-8-18(27)9-7-17/h3-13H,14H2,1-2H3,(H,29,33). The molecular weight excluding hydrogens is 466 g/mol. The second kappa shape index (κ2) is 9.15. The predicted molar refractivity (Wildman–Crippen MR) is 134 cm³/mol. The summed E-state index contributed by atoms with van der Waals surface area (Å²) in [6.45, 7) is 3.74. The number of benzene rings is 2. The predicted octanol–water partition coefficient (Wildman–Crippen LogP) is 5.02. The van der Waals surface area contributed by atoms with Gasteiger partial charge in [0.25, 0.3) is 5.89 Å². The third-order valence-electron chi connectivity index (χ3n) is 5.47. The van der Waals surface area contributed by atoms with Crippen LogP contribution in [0.4, 0.5) is 5.69 Å². The topological polar surface area (TPSA) is 103 Å². The number of hydrogen-bond acceptors (Lipinski definition) is 6. The van der Waals surface area contributed by atoms with Gasteiger partial charge >= 0.3 is 0 Å². The summed E-state index contributed by atoms with van der Waals surface area (Å²) in [7, 11) is 0. The molecule has 8 nitrogen and oxygen atoms in total. The summed E-state index contributed by atoms with van der Waals surface area (Å²) in [4.78, 5) is 35.1. The quantitative estimate of drug-likeness (QED) is 0.375. The van der Waals surface area contributed by atoms with Gasteiger partial charge in [-0.1, -0.05) is 34.5 Å². The highest BCUT2D eigenvalue weighted by atomic mass is 35.5. The number of halogens is 1. The molecule has 0 bridgehead atoms. The minimum atomic E-state index is -0.311. The third-order valence-corrected chi connectivity index (χ3v) is 5.72. The molecule has 1 N–H and O–H groups in total. The Labute approximate surface area is 205 Å². The maximum absolute atomic E-state index is 13.3. The molecule has 5 rings (SSSR count). The molecule has 1 amide bonds. The average Bonchev–Trinajstić information content (AvgIpc) is 3.33. The lowest BCUT2D eigenvalue weighted by atomic mass is 10.1. The molecule has 174 valence electrons. The lowest BCUT2D eigenvalue weighted by Crippen LogP contribution is -2.22. The number of nitrogens with zero attached hydrogens (tertiary/aromatic N) is 4. The number of amides is 1. The Bertz CT molecular complexity index is 1610. The summed E-state index contributed by atoms with van der Waals surface area (Å²) in [5.41, 5.74) is 3.46. The first-order valence-corrected chi connectivity index (χ1v) is 11.2. The molecule has 0 saturated heterocycles. The highest BCUT2D eigenvalue weighted by Crippen LogP contribution is 2.23. The molecule has 0 aliphatic heterocycles. The number of carbonyl (C=O) groups is 1. The summed E-state index contributed by atoms with van der Waals surface area (Å²) in [6.07, 6.45) is 1.53. The summed E-state index contributed by atoms with van der Waals surface area (Å²) in [5.74, 6) is 0.109. The molecule has 3 heterocycles. The number of fused-ring (bicyclic) bond motifs is 1. The van der Waals surface area contributed by atoms with Crippen molar-refractivity contribution >= 4 is 34.2 Å². The van der Waals surface area contributed by atoms with Gasteiger partial charge in [0.15, 0.2) is 0 Å². The fraction of sp³-hybridized carbons (Fsp3) is 0.115. The van der Waals surface area contributed by atoms with Crippen LogP contribution in [0.2, 0.25) is 5.02 Å². The van der Waals surface area contributed by atoms with Crippen molar-refractivity contribution in [1.82, 2.24) is 19.7 Å². The van der Waals surface area contributed by atoms with Crippen molar-refractivity contribution in [2.75, 3.05) is 5.32 Å². The van der Waals surface area contributed by atoms with Gasteiger partial charge in [0.1, 0.15) is 17.8 Å². The molecule has 2 aromatic carbocycles. The molecule has 5 aromatic rings. The summed E-state index contributed by atoms with van der Waals surface area (Å²) in [6, 6.07) is 17.9. The molecule has 0 fully saturated rings. The van der Waals surface area contributed by atoms with E-state index in [-0.39, 0.29) is 29.3 Å². The fourth-order valence-corrected chi connectivity index (χ4v) is 3.80. The van der Waals surface area contributed by atoms with E-state index in [1.165, 1.54) is 6.20 Å². The van der Waals surface area contributed by atoms with Gasteiger partial charge < -0.3 is 14.4 Å². The molecule has 0 unspecified atom stereocenters. The van der Waals surface area contributed by atoms with Crippen molar-refractivity contribution in [3.05, 3.63) is 93.4 Å². The number of rotatable bonds is 5. The molecule has 0 spiro atoms. The molecule has 0 radical (unpaired) electrons. The number of aromatic nitrogens is 4. The Hall–Kier alpha value is -4.30. The van der Waals surface area contributed by atoms with Crippen molar-refractivity contribution in [1.29, 1.82) is 0 Å². The van der Waals surface area contributed by atoms with Gasteiger partial charge in [-0.3, -0.25) is 9.59 Å². The van der Waals surface area contributed by atoms with Crippen LogP contribution in [0.1, 0.15) is 11.3 Å². The molecule has 35 heavy (non-hydrogen) atoms. The lowest BCUT2D eigenvalue weighted by molar-refractivity contribution is -0.116. The Morgan fingerprint density at radius 1 is 1.00 bits per heavy atom. The largest absolute Gasteiger partial charge is 0.333 e. The number of aryl methyl sites for hydroxylation is 2.